The van der Waals surface area contributed by atoms with Gasteiger partial charge in [0.2, 0.25) is 11.8 Å². The third kappa shape index (κ3) is 37.3. The van der Waals surface area contributed by atoms with Gasteiger partial charge < -0.3 is 42.6 Å². The standard InChI is InChI=1S/C46H87N7O6/c1-3-5-7-9-11-19-27-38-58-42(54)32-21-15-13-17-25-36-53(37-26-18-14-16-22-33-43(55)59-39-28-20-12-10-8-6-4-2)45(57)41(48)30-23-24-34-51-44(56)40(47)31-29-35-52-46(49)50/h19-20,27-28,40-41H,3-18,21-26,29-39,47-48H2,1-2H3,(H,51,56)(H4,49,50,52). The number of allylic oxidation sites excluding steroid dienone is 2. The molecule has 0 saturated heterocycles. The molecule has 2 amide bonds. The summed E-state index contributed by atoms with van der Waals surface area (Å²) in [6.07, 6.45) is 33.0. The van der Waals surface area contributed by atoms with E-state index in [1.54, 1.807) is 0 Å². The average Bonchev–Trinajstić information content (AvgIpc) is 3.22. The second-order valence-electron chi connectivity index (χ2n) is 15.8. The number of ether oxygens (including phenoxy) is 2. The van der Waals surface area contributed by atoms with E-state index in [9.17, 15) is 19.2 Å². The summed E-state index contributed by atoms with van der Waals surface area (Å²) in [6, 6.07) is -1.23. The number of rotatable bonds is 41. The smallest absolute Gasteiger partial charge is 0.306 e. The van der Waals surface area contributed by atoms with E-state index in [1.165, 1.54) is 51.4 Å². The number of carbonyl (C=O) groups excluding carboxylic acids is 4. The van der Waals surface area contributed by atoms with Gasteiger partial charge in [-0.3, -0.25) is 24.2 Å². The zero-order valence-electron chi connectivity index (χ0n) is 37.5. The van der Waals surface area contributed by atoms with Crippen molar-refractivity contribution >= 4 is 29.7 Å². The van der Waals surface area contributed by atoms with Crippen LogP contribution in [0.3, 0.4) is 0 Å². The van der Waals surface area contributed by atoms with Crippen molar-refractivity contribution in [2.75, 3.05) is 39.4 Å². The van der Waals surface area contributed by atoms with Crippen LogP contribution in [0, 0.1) is 0 Å². The van der Waals surface area contributed by atoms with Crippen molar-refractivity contribution in [1.82, 2.24) is 10.2 Å². The van der Waals surface area contributed by atoms with Crippen molar-refractivity contribution in [1.29, 1.82) is 0 Å². The van der Waals surface area contributed by atoms with E-state index in [0.717, 1.165) is 77.0 Å². The first-order valence-corrected chi connectivity index (χ1v) is 23.4. The number of guanidine groups is 1. The Morgan fingerprint density at radius 3 is 1.56 bits per heavy atom. The molecule has 0 aromatic heterocycles. The number of carbonyl (C=O) groups is 4. The van der Waals surface area contributed by atoms with Gasteiger partial charge in [0.25, 0.3) is 0 Å². The molecule has 0 aliphatic carbocycles. The number of nitrogens with zero attached hydrogens (tertiary/aromatic N) is 2. The maximum atomic E-state index is 13.5. The molecule has 13 heteroatoms. The van der Waals surface area contributed by atoms with Crippen molar-refractivity contribution in [2.24, 2.45) is 27.9 Å². The molecule has 9 N–H and O–H groups in total. The molecule has 0 aromatic carbocycles. The summed E-state index contributed by atoms with van der Waals surface area (Å²) >= 11 is 0. The Hall–Kier alpha value is -3.45. The predicted molar refractivity (Wildman–Crippen MR) is 242 cm³/mol. The van der Waals surface area contributed by atoms with Crippen LogP contribution >= 0.6 is 0 Å². The maximum Gasteiger partial charge on any atom is 0.306 e. The van der Waals surface area contributed by atoms with E-state index in [1.807, 2.05) is 17.1 Å². The van der Waals surface area contributed by atoms with E-state index in [2.05, 4.69) is 36.3 Å². The quantitative estimate of drug-likeness (QED) is 0.0133. The Morgan fingerprint density at radius 2 is 1.05 bits per heavy atom. The fraction of sp³-hybridized carbons (Fsp3) is 0.804. The number of hydrogen-bond acceptors (Lipinski definition) is 9. The summed E-state index contributed by atoms with van der Waals surface area (Å²) in [5, 5.41) is 2.87. The molecule has 13 nitrogen and oxygen atoms in total. The van der Waals surface area contributed by atoms with Gasteiger partial charge in [-0.2, -0.15) is 0 Å². The van der Waals surface area contributed by atoms with E-state index in [0.29, 0.717) is 84.3 Å². The molecule has 0 bridgehead atoms. The SMILES string of the molecule is CCCCCCC=CCOC(=O)CCCCCCCN(CCCCCCCC(=O)OCC=CCCCCCC)C(=O)C(N)CCCCNC(=O)C(N)CCCN=C(N)N. The lowest BCUT2D eigenvalue weighted by Crippen LogP contribution is -2.44. The highest BCUT2D eigenvalue weighted by molar-refractivity contribution is 5.82. The summed E-state index contributed by atoms with van der Waals surface area (Å²) in [5.41, 5.74) is 23.1. The number of esters is 2. The first-order chi connectivity index (χ1) is 28.6. The molecule has 2 unspecified atom stereocenters. The largest absolute Gasteiger partial charge is 0.461 e. The summed E-state index contributed by atoms with van der Waals surface area (Å²) in [5.74, 6) is -0.526. The van der Waals surface area contributed by atoms with Gasteiger partial charge in [0.15, 0.2) is 5.96 Å². The Bertz CT molecular complexity index is 1090. The van der Waals surface area contributed by atoms with Crippen LogP contribution < -0.4 is 28.3 Å². The molecule has 0 rings (SSSR count). The van der Waals surface area contributed by atoms with Crippen LogP contribution in [0.1, 0.15) is 187 Å². The van der Waals surface area contributed by atoms with Gasteiger partial charge in [0, 0.05) is 39.0 Å². The molecule has 0 spiro atoms. The van der Waals surface area contributed by atoms with Gasteiger partial charge in [-0.05, 0) is 83.5 Å². The van der Waals surface area contributed by atoms with Crippen molar-refractivity contribution in [2.45, 2.75) is 199 Å². The lowest BCUT2D eigenvalue weighted by Gasteiger charge is -2.26. The van der Waals surface area contributed by atoms with Crippen molar-refractivity contribution < 1.29 is 28.7 Å². The highest BCUT2D eigenvalue weighted by Gasteiger charge is 2.20. The fourth-order valence-corrected chi connectivity index (χ4v) is 6.55. The first-order valence-electron chi connectivity index (χ1n) is 23.4. The van der Waals surface area contributed by atoms with Crippen LogP contribution in [-0.2, 0) is 28.7 Å². The fourth-order valence-electron chi connectivity index (χ4n) is 6.55. The second kappa shape index (κ2) is 41.3. The first kappa shape index (κ1) is 55.5. The van der Waals surface area contributed by atoms with E-state index < -0.39 is 12.1 Å². The second-order valence-corrected chi connectivity index (χ2v) is 15.8. The van der Waals surface area contributed by atoms with E-state index >= 15 is 0 Å². The van der Waals surface area contributed by atoms with Gasteiger partial charge in [-0.25, -0.2) is 0 Å². The Labute approximate surface area is 358 Å². The van der Waals surface area contributed by atoms with E-state index in [-0.39, 0.29) is 29.7 Å². The highest BCUT2D eigenvalue weighted by atomic mass is 16.5. The minimum atomic E-state index is -0.626. The lowest BCUT2D eigenvalue weighted by molar-refractivity contribution is -0.143. The number of nitrogens with one attached hydrogen (secondary N) is 1. The number of amides is 2. The summed E-state index contributed by atoms with van der Waals surface area (Å²) in [4.78, 5) is 55.8. The molecule has 0 radical (unpaired) electrons. The van der Waals surface area contributed by atoms with Crippen LogP contribution in [0.5, 0.6) is 0 Å². The molecule has 0 fully saturated rings. The van der Waals surface area contributed by atoms with Crippen molar-refractivity contribution in [3.63, 3.8) is 0 Å². The zero-order valence-corrected chi connectivity index (χ0v) is 37.5. The van der Waals surface area contributed by atoms with Crippen molar-refractivity contribution in [3.8, 4) is 0 Å². The molecular weight excluding hydrogens is 747 g/mol. The van der Waals surface area contributed by atoms with Gasteiger partial charge in [0.1, 0.15) is 13.2 Å². The van der Waals surface area contributed by atoms with Gasteiger partial charge >= 0.3 is 11.9 Å². The number of aliphatic imine (C=N–C) groups is 1. The minimum absolute atomic E-state index is 0.0204. The number of unbranched alkanes of at least 4 members (excludes halogenated alkanes) is 17. The zero-order chi connectivity index (χ0) is 43.6. The molecule has 342 valence electrons. The Balaban J connectivity index is 4.59. The summed E-state index contributed by atoms with van der Waals surface area (Å²) < 4.78 is 10.7. The highest BCUT2D eigenvalue weighted by Crippen LogP contribution is 2.13. The topological polar surface area (TPSA) is 218 Å². The molecule has 0 aromatic rings. The monoisotopic (exact) mass is 834 g/mol. The van der Waals surface area contributed by atoms with Gasteiger partial charge in [0.05, 0.1) is 12.1 Å². The van der Waals surface area contributed by atoms with Crippen LogP contribution in [0.25, 0.3) is 0 Å². The molecule has 2 atom stereocenters. The lowest BCUT2D eigenvalue weighted by atomic mass is 10.1. The Kier molecular flexibility index (Phi) is 38.9. The minimum Gasteiger partial charge on any atom is -0.461 e. The van der Waals surface area contributed by atoms with Crippen LogP contribution in [0.2, 0.25) is 0 Å². The predicted octanol–water partition coefficient (Wildman–Crippen LogP) is 7.63. The third-order valence-corrected chi connectivity index (χ3v) is 10.3. The van der Waals surface area contributed by atoms with Gasteiger partial charge in [-0.15, -0.1) is 0 Å². The van der Waals surface area contributed by atoms with Gasteiger partial charge in [-0.1, -0.05) is 115 Å². The molecule has 59 heavy (non-hydrogen) atoms. The Morgan fingerprint density at radius 1 is 0.576 bits per heavy atom. The van der Waals surface area contributed by atoms with E-state index in [4.69, 9.17) is 32.4 Å². The molecule has 0 saturated carbocycles. The maximum absolute atomic E-state index is 13.5. The van der Waals surface area contributed by atoms with Crippen LogP contribution in [0.15, 0.2) is 29.3 Å². The van der Waals surface area contributed by atoms with Crippen molar-refractivity contribution in [3.05, 3.63) is 24.3 Å². The van der Waals surface area contributed by atoms with Crippen LogP contribution in [-0.4, -0.2) is 86.1 Å². The third-order valence-electron chi connectivity index (χ3n) is 10.3. The van der Waals surface area contributed by atoms with Crippen LogP contribution in [0.4, 0.5) is 0 Å². The summed E-state index contributed by atoms with van der Waals surface area (Å²) in [6.45, 7) is 7.29. The molecule has 0 aliphatic rings. The molecule has 0 heterocycles. The normalized spacial score (nSPS) is 12.4. The summed E-state index contributed by atoms with van der Waals surface area (Å²) in [7, 11) is 0. The number of nitrogens with two attached hydrogens (primary N) is 4. The number of hydrogen-bond donors (Lipinski definition) is 5. The molecular formula is C46H87N7O6. The molecule has 0 aliphatic heterocycles. The average molecular weight is 834 g/mol.